The average Bonchev–Trinajstić information content (AvgIpc) is 2.62. The van der Waals surface area contributed by atoms with Gasteiger partial charge >= 0.3 is 0 Å². The molecule has 0 unspecified atom stereocenters. The van der Waals surface area contributed by atoms with E-state index in [9.17, 15) is 0 Å². The maximum absolute atomic E-state index is 5.98. The first-order chi connectivity index (χ1) is 7.66. The monoisotopic (exact) mass is 232 g/mol. The molecule has 2 N–H and O–H groups in total. The van der Waals surface area contributed by atoms with E-state index >= 15 is 0 Å². The Kier molecular flexibility index (Phi) is 3.25. The average molecular weight is 232 g/mol. The Labute approximate surface area is 100 Å². The van der Waals surface area contributed by atoms with Gasteiger partial charge in [-0.15, -0.1) is 11.3 Å². The minimum atomic E-state index is 0.455. The number of nitrogens with two attached hydrogens (primary N) is 1. The summed E-state index contributed by atoms with van der Waals surface area (Å²) in [4.78, 5) is 4.60. The predicted molar refractivity (Wildman–Crippen MR) is 69.9 cm³/mol. The quantitative estimate of drug-likeness (QED) is 0.880. The number of rotatable bonds is 3. The number of hydrogen-bond donors (Lipinski definition) is 1. The van der Waals surface area contributed by atoms with Crippen molar-refractivity contribution in [2.75, 3.05) is 5.73 Å². The third-order valence-corrected chi connectivity index (χ3v) is 3.68. The molecule has 1 aromatic carbocycles. The van der Waals surface area contributed by atoms with Crippen molar-refractivity contribution in [2.45, 2.75) is 26.2 Å². The third kappa shape index (κ3) is 2.42. The van der Waals surface area contributed by atoms with E-state index in [1.54, 1.807) is 11.3 Å². The van der Waals surface area contributed by atoms with Crippen LogP contribution in [0.1, 0.15) is 36.0 Å². The highest BCUT2D eigenvalue weighted by atomic mass is 32.1. The molecule has 0 atom stereocenters. The molecule has 0 radical (unpaired) electrons. The van der Waals surface area contributed by atoms with Gasteiger partial charge in [0.25, 0.3) is 0 Å². The fourth-order valence-corrected chi connectivity index (χ4v) is 2.40. The van der Waals surface area contributed by atoms with Gasteiger partial charge in [-0.25, -0.2) is 4.98 Å². The fraction of sp³-hybridized carbons (Fsp3) is 0.308. The van der Waals surface area contributed by atoms with Crippen molar-refractivity contribution in [3.8, 4) is 0 Å². The Morgan fingerprint density at radius 3 is 2.50 bits per heavy atom. The van der Waals surface area contributed by atoms with Gasteiger partial charge in [0.2, 0.25) is 0 Å². The number of aromatic nitrogens is 1. The number of benzene rings is 1. The molecule has 84 valence electrons. The second-order valence-corrected chi connectivity index (χ2v) is 5.24. The number of nitrogen functional groups attached to an aromatic ring is 1. The molecule has 0 aliphatic rings. The molecule has 0 bridgehead atoms. The smallest absolute Gasteiger partial charge is 0.110 e. The topological polar surface area (TPSA) is 38.9 Å². The van der Waals surface area contributed by atoms with Gasteiger partial charge in [0, 0.05) is 12.3 Å². The van der Waals surface area contributed by atoms with E-state index in [1.165, 1.54) is 5.56 Å². The predicted octanol–water partition coefficient (Wildman–Crippen LogP) is 3.44. The van der Waals surface area contributed by atoms with Crippen molar-refractivity contribution >= 4 is 16.3 Å². The molecule has 0 aliphatic carbocycles. The second-order valence-electron chi connectivity index (χ2n) is 4.18. The molecule has 16 heavy (non-hydrogen) atoms. The van der Waals surface area contributed by atoms with Gasteiger partial charge in [0.15, 0.2) is 0 Å². The summed E-state index contributed by atoms with van der Waals surface area (Å²) in [5.74, 6) is 0.455. The van der Waals surface area contributed by atoms with Gasteiger partial charge in [0.1, 0.15) is 5.00 Å². The Balaban J connectivity index is 2.22. The summed E-state index contributed by atoms with van der Waals surface area (Å²) < 4.78 is 0. The van der Waals surface area contributed by atoms with Crippen LogP contribution in [0.5, 0.6) is 0 Å². The molecule has 0 aliphatic heterocycles. The molecule has 2 aromatic rings. The summed E-state index contributed by atoms with van der Waals surface area (Å²) in [6, 6.07) is 10.3. The lowest BCUT2D eigenvalue weighted by molar-refractivity contribution is 0.843. The van der Waals surface area contributed by atoms with E-state index in [0.717, 1.165) is 22.1 Å². The minimum Gasteiger partial charge on any atom is -0.389 e. The lowest BCUT2D eigenvalue weighted by Crippen LogP contribution is -1.94. The molecule has 0 fully saturated rings. The van der Waals surface area contributed by atoms with Gasteiger partial charge in [-0.3, -0.25) is 0 Å². The number of anilines is 1. The Bertz CT molecular complexity index is 460. The lowest BCUT2D eigenvalue weighted by atomic mass is 10.1. The third-order valence-electron chi connectivity index (χ3n) is 2.45. The summed E-state index contributed by atoms with van der Waals surface area (Å²) in [7, 11) is 0. The van der Waals surface area contributed by atoms with E-state index in [4.69, 9.17) is 5.73 Å². The van der Waals surface area contributed by atoms with Crippen LogP contribution >= 0.6 is 11.3 Å². The van der Waals surface area contributed by atoms with E-state index < -0.39 is 0 Å². The molecular formula is C13H16N2S. The van der Waals surface area contributed by atoms with Gasteiger partial charge in [-0.1, -0.05) is 44.2 Å². The zero-order valence-corrected chi connectivity index (χ0v) is 10.4. The van der Waals surface area contributed by atoms with Gasteiger partial charge in [-0.05, 0) is 5.56 Å². The fourth-order valence-electron chi connectivity index (χ4n) is 1.55. The summed E-state index contributed by atoms with van der Waals surface area (Å²) in [6.07, 6.45) is 0.829. The zero-order valence-electron chi connectivity index (χ0n) is 9.60. The van der Waals surface area contributed by atoms with Crippen LogP contribution in [-0.2, 0) is 6.42 Å². The largest absolute Gasteiger partial charge is 0.389 e. The van der Waals surface area contributed by atoms with E-state index in [2.05, 4.69) is 31.0 Å². The standard InChI is InChI=1S/C13H16N2S/c1-9(2)13-15-11(12(14)16-13)8-10-6-4-3-5-7-10/h3-7,9H,8,14H2,1-2H3. The van der Waals surface area contributed by atoms with Crippen molar-refractivity contribution in [1.29, 1.82) is 0 Å². The van der Waals surface area contributed by atoms with Crippen LogP contribution in [0, 0.1) is 0 Å². The minimum absolute atomic E-state index is 0.455. The maximum Gasteiger partial charge on any atom is 0.110 e. The molecule has 2 nitrogen and oxygen atoms in total. The second kappa shape index (κ2) is 4.66. The molecule has 1 aromatic heterocycles. The van der Waals surface area contributed by atoms with Crippen LogP contribution in [-0.4, -0.2) is 4.98 Å². The highest BCUT2D eigenvalue weighted by Crippen LogP contribution is 2.28. The van der Waals surface area contributed by atoms with Crippen LogP contribution in [0.2, 0.25) is 0 Å². The van der Waals surface area contributed by atoms with Gasteiger partial charge in [-0.2, -0.15) is 0 Å². The van der Waals surface area contributed by atoms with Crippen LogP contribution < -0.4 is 5.73 Å². The van der Waals surface area contributed by atoms with Crippen molar-refractivity contribution in [3.05, 3.63) is 46.6 Å². The zero-order chi connectivity index (χ0) is 11.5. The number of nitrogens with zero attached hydrogens (tertiary/aromatic N) is 1. The Hall–Kier alpha value is -1.35. The van der Waals surface area contributed by atoms with Gasteiger partial charge in [0.05, 0.1) is 10.7 Å². The SMILES string of the molecule is CC(C)c1nc(Cc2ccccc2)c(N)s1. The van der Waals surface area contributed by atoms with E-state index in [-0.39, 0.29) is 0 Å². The lowest BCUT2D eigenvalue weighted by Gasteiger charge is -1.99. The number of hydrogen-bond acceptors (Lipinski definition) is 3. The Morgan fingerprint density at radius 1 is 1.25 bits per heavy atom. The van der Waals surface area contributed by atoms with Crippen molar-refractivity contribution in [2.24, 2.45) is 0 Å². The van der Waals surface area contributed by atoms with Crippen LogP contribution in [0.25, 0.3) is 0 Å². The van der Waals surface area contributed by atoms with Crippen molar-refractivity contribution in [3.63, 3.8) is 0 Å². The molecule has 0 amide bonds. The van der Waals surface area contributed by atoms with Crippen molar-refractivity contribution in [1.82, 2.24) is 4.98 Å². The maximum atomic E-state index is 5.98. The molecule has 3 heteroatoms. The van der Waals surface area contributed by atoms with Gasteiger partial charge < -0.3 is 5.73 Å². The van der Waals surface area contributed by atoms with E-state index in [0.29, 0.717) is 5.92 Å². The first kappa shape index (κ1) is 11.1. The molecule has 1 heterocycles. The summed E-state index contributed by atoms with van der Waals surface area (Å²) in [5.41, 5.74) is 8.26. The molecule has 0 saturated carbocycles. The molecule has 0 spiro atoms. The van der Waals surface area contributed by atoms with Crippen LogP contribution in [0.4, 0.5) is 5.00 Å². The van der Waals surface area contributed by atoms with Crippen molar-refractivity contribution < 1.29 is 0 Å². The first-order valence-corrected chi connectivity index (χ1v) is 6.27. The summed E-state index contributed by atoms with van der Waals surface area (Å²) >= 11 is 1.61. The molecule has 0 saturated heterocycles. The van der Waals surface area contributed by atoms with Crippen LogP contribution in [0.15, 0.2) is 30.3 Å². The highest BCUT2D eigenvalue weighted by molar-refractivity contribution is 7.15. The highest BCUT2D eigenvalue weighted by Gasteiger charge is 2.11. The number of thiazole rings is 1. The van der Waals surface area contributed by atoms with Crippen LogP contribution in [0.3, 0.4) is 0 Å². The first-order valence-electron chi connectivity index (χ1n) is 5.46. The molecule has 2 rings (SSSR count). The summed E-state index contributed by atoms with van der Waals surface area (Å²) in [6.45, 7) is 4.29. The molecular weight excluding hydrogens is 216 g/mol. The Morgan fingerprint density at radius 2 is 1.94 bits per heavy atom. The van der Waals surface area contributed by atoms with E-state index in [1.807, 2.05) is 18.2 Å². The normalized spacial score (nSPS) is 10.9. The summed E-state index contributed by atoms with van der Waals surface area (Å²) in [5, 5.41) is 1.98.